The Morgan fingerprint density at radius 3 is 2.09 bits per heavy atom. The van der Waals surface area contributed by atoms with Crippen LogP contribution in [0.15, 0.2) is 12.1 Å². The largest absolute Gasteiger partial charge is 0.207 e. The van der Waals surface area contributed by atoms with Gasteiger partial charge < -0.3 is 0 Å². The van der Waals surface area contributed by atoms with Crippen LogP contribution in [0.3, 0.4) is 0 Å². The molecule has 1 rings (SSSR count). The van der Waals surface area contributed by atoms with E-state index in [0.717, 1.165) is 12.1 Å². The molecule has 0 bridgehead atoms. The lowest BCUT2D eigenvalue weighted by Gasteiger charge is -2.00. The van der Waals surface area contributed by atoms with Crippen LogP contribution in [-0.2, 0) is 5.75 Å². The van der Waals surface area contributed by atoms with Gasteiger partial charge in [0.05, 0.1) is 0 Å². The van der Waals surface area contributed by atoms with E-state index in [0.29, 0.717) is 0 Å². The van der Waals surface area contributed by atoms with Crippen LogP contribution >= 0.6 is 24.2 Å². The highest BCUT2D eigenvalue weighted by atomic mass is 35.5. The first-order chi connectivity index (χ1) is 5.15. The third kappa shape index (κ3) is 1.84. The van der Waals surface area contributed by atoms with Gasteiger partial charge in [-0.15, -0.1) is 0 Å². The summed E-state index contributed by atoms with van der Waals surface area (Å²) in [6.07, 6.45) is 0. The first-order valence-corrected chi connectivity index (χ1v) is 3.90. The molecule has 0 N–H and O–H groups in total. The summed E-state index contributed by atoms with van der Waals surface area (Å²) in [5.74, 6) is -1.26. The third-order valence-electron chi connectivity index (χ3n) is 1.26. The second-order valence-corrected chi connectivity index (χ2v) is 2.76. The van der Waals surface area contributed by atoms with Gasteiger partial charge in [0, 0.05) is 16.3 Å². The molecule has 60 valence electrons. The first kappa shape index (κ1) is 8.81. The molecule has 0 aliphatic rings. The Labute approximate surface area is 73.6 Å². The number of hydrogen-bond donors (Lipinski definition) is 1. The van der Waals surface area contributed by atoms with Gasteiger partial charge in [-0.2, -0.15) is 12.6 Å². The smallest absolute Gasteiger partial charge is 0.131 e. The fourth-order valence-corrected chi connectivity index (χ4v) is 1.22. The molecule has 0 saturated carbocycles. The van der Waals surface area contributed by atoms with E-state index in [1.165, 1.54) is 0 Å². The molecule has 0 spiro atoms. The zero-order chi connectivity index (χ0) is 8.43. The summed E-state index contributed by atoms with van der Waals surface area (Å²) in [7, 11) is 0. The van der Waals surface area contributed by atoms with Crippen molar-refractivity contribution in [2.45, 2.75) is 5.75 Å². The van der Waals surface area contributed by atoms with Crippen molar-refractivity contribution in [3.05, 3.63) is 34.4 Å². The summed E-state index contributed by atoms with van der Waals surface area (Å²) >= 11 is 9.13. The molecule has 1 aromatic carbocycles. The zero-order valence-electron chi connectivity index (χ0n) is 5.44. The second kappa shape index (κ2) is 3.41. The Morgan fingerprint density at radius 1 is 1.27 bits per heavy atom. The van der Waals surface area contributed by atoms with E-state index in [9.17, 15) is 8.78 Å². The maximum absolute atomic E-state index is 12.7. The Morgan fingerprint density at radius 2 is 1.73 bits per heavy atom. The molecule has 0 atom stereocenters. The van der Waals surface area contributed by atoms with Gasteiger partial charge in [0.1, 0.15) is 11.6 Å². The van der Waals surface area contributed by atoms with Crippen molar-refractivity contribution in [2.24, 2.45) is 0 Å². The molecule has 0 unspecified atom stereocenters. The molecule has 4 heteroatoms. The van der Waals surface area contributed by atoms with Crippen molar-refractivity contribution in [1.29, 1.82) is 0 Å². The highest BCUT2D eigenvalue weighted by Gasteiger charge is 2.07. The van der Waals surface area contributed by atoms with Gasteiger partial charge in [-0.25, -0.2) is 8.78 Å². The van der Waals surface area contributed by atoms with E-state index < -0.39 is 11.6 Å². The van der Waals surface area contributed by atoms with Crippen LogP contribution < -0.4 is 0 Å². The molecule has 0 aromatic heterocycles. The lowest BCUT2D eigenvalue weighted by atomic mass is 10.2. The number of benzene rings is 1. The maximum atomic E-state index is 12.7. The zero-order valence-corrected chi connectivity index (χ0v) is 7.09. The minimum absolute atomic E-state index is 0.0365. The standard InChI is InChI=1S/C7H5ClF2S/c8-4-1-6(9)5(3-11)7(10)2-4/h1-2,11H,3H2. The van der Waals surface area contributed by atoms with E-state index in [1.54, 1.807) is 0 Å². The number of halogens is 3. The van der Waals surface area contributed by atoms with Crippen LogP contribution in [0.2, 0.25) is 5.02 Å². The molecule has 0 aliphatic carbocycles. The predicted molar refractivity (Wildman–Crippen MR) is 44.1 cm³/mol. The summed E-state index contributed by atoms with van der Waals surface area (Å²) in [5.41, 5.74) is -0.0438. The molecule has 0 aliphatic heterocycles. The number of hydrogen-bond acceptors (Lipinski definition) is 1. The average molecular weight is 195 g/mol. The molecule has 11 heavy (non-hydrogen) atoms. The van der Waals surface area contributed by atoms with Crippen molar-refractivity contribution in [3.8, 4) is 0 Å². The first-order valence-electron chi connectivity index (χ1n) is 2.89. The monoisotopic (exact) mass is 194 g/mol. The quantitative estimate of drug-likeness (QED) is 0.653. The molecule has 1 aromatic rings. The highest BCUT2D eigenvalue weighted by Crippen LogP contribution is 2.19. The highest BCUT2D eigenvalue weighted by molar-refractivity contribution is 7.79. The Hall–Kier alpha value is -0.280. The van der Waals surface area contributed by atoms with Gasteiger partial charge in [-0.1, -0.05) is 11.6 Å². The maximum Gasteiger partial charge on any atom is 0.131 e. The van der Waals surface area contributed by atoms with E-state index >= 15 is 0 Å². The minimum atomic E-state index is -0.648. The second-order valence-electron chi connectivity index (χ2n) is 2.01. The van der Waals surface area contributed by atoms with Crippen LogP contribution in [0.25, 0.3) is 0 Å². The van der Waals surface area contributed by atoms with Crippen molar-refractivity contribution in [2.75, 3.05) is 0 Å². The lowest BCUT2D eigenvalue weighted by molar-refractivity contribution is 0.566. The molecular weight excluding hydrogens is 190 g/mol. The van der Waals surface area contributed by atoms with Crippen LogP contribution in [0.5, 0.6) is 0 Å². The SMILES string of the molecule is Fc1cc(Cl)cc(F)c1CS. The molecule has 0 fully saturated rings. The van der Waals surface area contributed by atoms with Crippen LogP contribution in [0, 0.1) is 11.6 Å². The molecule has 0 heterocycles. The fraction of sp³-hybridized carbons (Fsp3) is 0.143. The molecule has 0 amide bonds. The molecule has 0 nitrogen and oxygen atoms in total. The van der Waals surface area contributed by atoms with Crippen LogP contribution in [-0.4, -0.2) is 0 Å². The molecule has 0 saturated heterocycles. The number of thiol groups is 1. The summed E-state index contributed by atoms with van der Waals surface area (Å²) in [6.45, 7) is 0. The average Bonchev–Trinajstić information content (AvgIpc) is 1.85. The van der Waals surface area contributed by atoms with Gasteiger partial charge in [0.15, 0.2) is 0 Å². The minimum Gasteiger partial charge on any atom is -0.207 e. The van der Waals surface area contributed by atoms with E-state index in [4.69, 9.17) is 11.6 Å². The number of rotatable bonds is 1. The summed E-state index contributed by atoms with van der Waals surface area (Å²) in [4.78, 5) is 0. The predicted octanol–water partition coefficient (Wildman–Crippen LogP) is 3.05. The van der Waals surface area contributed by atoms with Crippen molar-refractivity contribution < 1.29 is 8.78 Å². The summed E-state index contributed by atoms with van der Waals surface area (Å²) in [5, 5.41) is 0.0607. The van der Waals surface area contributed by atoms with Crippen molar-refractivity contribution in [3.63, 3.8) is 0 Å². The van der Waals surface area contributed by atoms with E-state index in [1.807, 2.05) is 0 Å². The van der Waals surface area contributed by atoms with Crippen LogP contribution in [0.4, 0.5) is 8.78 Å². The van der Waals surface area contributed by atoms with Crippen LogP contribution in [0.1, 0.15) is 5.56 Å². The summed E-state index contributed by atoms with van der Waals surface area (Å²) in [6, 6.07) is 2.13. The molecule has 0 radical (unpaired) electrons. The lowest BCUT2D eigenvalue weighted by Crippen LogP contribution is -1.91. The van der Waals surface area contributed by atoms with E-state index in [-0.39, 0.29) is 16.3 Å². The van der Waals surface area contributed by atoms with Gasteiger partial charge >= 0.3 is 0 Å². The van der Waals surface area contributed by atoms with Gasteiger partial charge in [0.25, 0.3) is 0 Å². The molecular formula is C7H5ClF2S. The van der Waals surface area contributed by atoms with Gasteiger partial charge in [-0.05, 0) is 12.1 Å². The summed E-state index contributed by atoms with van der Waals surface area (Å²) < 4.78 is 25.5. The van der Waals surface area contributed by atoms with Crippen molar-refractivity contribution >= 4 is 24.2 Å². The van der Waals surface area contributed by atoms with Gasteiger partial charge in [-0.3, -0.25) is 0 Å². The fourth-order valence-electron chi connectivity index (χ4n) is 0.723. The van der Waals surface area contributed by atoms with Gasteiger partial charge in [0.2, 0.25) is 0 Å². The van der Waals surface area contributed by atoms with E-state index in [2.05, 4.69) is 12.6 Å². The Bertz CT molecular complexity index is 252. The third-order valence-corrected chi connectivity index (χ3v) is 1.80. The van der Waals surface area contributed by atoms with Crippen molar-refractivity contribution in [1.82, 2.24) is 0 Å². The Balaban J connectivity index is 3.25. The Kier molecular flexibility index (Phi) is 2.73. The normalized spacial score (nSPS) is 10.2. The topological polar surface area (TPSA) is 0 Å².